The highest BCUT2D eigenvalue weighted by Crippen LogP contribution is 2.24. The number of rotatable bonds is 1. The van der Waals surface area contributed by atoms with Gasteiger partial charge in [0, 0.05) is 18.0 Å². The number of nitrogens with zero attached hydrogens (tertiary/aromatic N) is 3. The monoisotopic (exact) mass is 237 g/mol. The standard InChI is InChI=1S/C15H15N3/c1-10-8-12(3)13(9-11(10)2)14-4-5-15-16-6-7-18(15)17-14/h4-9H,1-3H3. The second kappa shape index (κ2) is 3.95. The Hall–Kier alpha value is -2.16. The second-order valence-electron chi connectivity index (χ2n) is 4.70. The number of benzene rings is 1. The number of hydrogen-bond donors (Lipinski definition) is 0. The molecule has 3 nitrogen and oxygen atoms in total. The second-order valence-corrected chi connectivity index (χ2v) is 4.70. The van der Waals surface area contributed by atoms with E-state index >= 15 is 0 Å². The number of hydrogen-bond acceptors (Lipinski definition) is 2. The van der Waals surface area contributed by atoms with Gasteiger partial charge in [-0.05, 0) is 55.7 Å². The van der Waals surface area contributed by atoms with Crippen molar-refractivity contribution in [2.24, 2.45) is 0 Å². The molecule has 3 heteroatoms. The molecule has 0 bridgehead atoms. The summed E-state index contributed by atoms with van der Waals surface area (Å²) in [6.07, 6.45) is 3.63. The third kappa shape index (κ3) is 1.68. The van der Waals surface area contributed by atoms with Gasteiger partial charge in [-0.3, -0.25) is 0 Å². The first-order chi connectivity index (χ1) is 8.65. The Balaban J connectivity index is 2.21. The lowest BCUT2D eigenvalue weighted by atomic mass is 9.99. The average molecular weight is 237 g/mol. The van der Waals surface area contributed by atoms with E-state index in [9.17, 15) is 0 Å². The van der Waals surface area contributed by atoms with E-state index < -0.39 is 0 Å². The summed E-state index contributed by atoms with van der Waals surface area (Å²) >= 11 is 0. The van der Waals surface area contributed by atoms with Gasteiger partial charge in [-0.2, -0.15) is 5.10 Å². The Morgan fingerprint density at radius 1 is 0.944 bits per heavy atom. The van der Waals surface area contributed by atoms with Crippen molar-refractivity contribution in [1.82, 2.24) is 14.6 Å². The van der Waals surface area contributed by atoms with E-state index in [-0.39, 0.29) is 0 Å². The maximum Gasteiger partial charge on any atom is 0.153 e. The summed E-state index contributed by atoms with van der Waals surface area (Å²) in [5, 5.41) is 4.59. The molecule has 0 spiro atoms. The molecule has 0 unspecified atom stereocenters. The molecular formula is C15H15N3. The molecule has 0 fully saturated rings. The molecule has 0 saturated heterocycles. The molecular weight excluding hydrogens is 222 g/mol. The summed E-state index contributed by atoms with van der Waals surface area (Å²) in [6, 6.07) is 8.44. The quantitative estimate of drug-likeness (QED) is 0.650. The van der Waals surface area contributed by atoms with E-state index in [0.29, 0.717) is 0 Å². The van der Waals surface area contributed by atoms with Crippen LogP contribution in [0.4, 0.5) is 0 Å². The lowest BCUT2D eigenvalue weighted by molar-refractivity contribution is 0.941. The van der Waals surface area contributed by atoms with Crippen LogP contribution in [0.2, 0.25) is 0 Å². The fraction of sp³-hybridized carbons (Fsp3) is 0.200. The molecule has 0 atom stereocenters. The van der Waals surface area contributed by atoms with Gasteiger partial charge in [0.1, 0.15) is 0 Å². The molecule has 1 aromatic carbocycles. The lowest BCUT2D eigenvalue weighted by Crippen LogP contribution is -1.96. The van der Waals surface area contributed by atoms with E-state index in [0.717, 1.165) is 11.3 Å². The zero-order chi connectivity index (χ0) is 12.7. The van der Waals surface area contributed by atoms with Crippen LogP contribution in [0.15, 0.2) is 36.7 Å². The Morgan fingerprint density at radius 3 is 2.56 bits per heavy atom. The van der Waals surface area contributed by atoms with Gasteiger partial charge in [0.2, 0.25) is 0 Å². The molecule has 3 rings (SSSR count). The van der Waals surface area contributed by atoms with Gasteiger partial charge in [-0.15, -0.1) is 0 Å². The third-order valence-corrected chi connectivity index (χ3v) is 3.37. The normalized spacial score (nSPS) is 11.1. The molecule has 90 valence electrons. The van der Waals surface area contributed by atoms with E-state index in [1.165, 1.54) is 22.3 Å². The van der Waals surface area contributed by atoms with Crippen molar-refractivity contribution in [3.63, 3.8) is 0 Å². The molecule has 0 amide bonds. The van der Waals surface area contributed by atoms with Crippen molar-refractivity contribution in [3.8, 4) is 11.3 Å². The van der Waals surface area contributed by atoms with Crippen LogP contribution in [-0.4, -0.2) is 14.6 Å². The van der Waals surface area contributed by atoms with Crippen molar-refractivity contribution >= 4 is 5.65 Å². The van der Waals surface area contributed by atoms with Crippen LogP contribution in [0.25, 0.3) is 16.9 Å². The predicted molar refractivity (Wildman–Crippen MR) is 72.6 cm³/mol. The Labute approximate surface area is 106 Å². The summed E-state index contributed by atoms with van der Waals surface area (Å²) in [7, 11) is 0. The Bertz CT molecular complexity index is 726. The molecule has 0 aliphatic rings. The van der Waals surface area contributed by atoms with Gasteiger partial charge >= 0.3 is 0 Å². The largest absolute Gasteiger partial charge is 0.236 e. The van der Waals surface area contributed by atoms with Crippen LogP contribution in [0, 0.1) is 20.8 Å². The summed E-state index contributed by atoms with van der Waals surface area (Å²) < 4.78 is 1.81. The van der Waals surface area contributed by atoms with Crippen LogP contribution < -0.4 is 0 Å². The highest BCUT2D eigenvalue weighted by molar-refractivity contribution is 5.66. The minimum absolute atomic E-state index is 0.875. The van der Waals surface area contributed by atoms with Crippen LogP contribution in [-0.2, 0) is 0 Å². The SMILES string of the molecule is Cc1cc(C)c(-c2ccc3nccn3n2)cc1C. The zero-order valence-electron chi connectivity index (χ0n) is 10.8. The van der Waals surface area contributed by atoms with Gasteiger partial charge in [-0.1, -0.05) is 6.07 Å². The third-order valence-electron chi connectivity index (χ3n) is 3.37. The highest BCUT2D eigenvalue weighted by atomic mass is 15.2. The maximum atomic E-state index is 4.59. The fourth-order valence-electron chi connectivity index (χ4n) is 2.20. The first-order valence-corrected chi connectivity index (χ1v) is 6.04. The molecule has 0 aliphatic carbocycles. The van der Waals surface area contributed by atoms with Crippen molar-refractivity contribution in [3.05, 3.63) is 53.3 Å². The topological polar surface area (TPSA) is 30.2 Å². The van der Waals surface area contributed by atoms with Crippen molar-refractivity contribution < 1.29 is 0 Å². The first-order valence-electron chi connectivity index (χ1n) is 6.04. The van der Waals surface area contributed by atoms with Crippen LogP contribution >= 0.6 is 0 Å². The van der Waals surface area contributed by atoms with Crippen molar-refractivity contribution in [2.75, 3.05) is 0 Å². The van der Waals surface area contributed by atoms with Crippen molar-refractivity contribution in [2.45, 2.75) is 20.8 Å². The molecule has 18 heavy (non-hydrogen) atoms. The maximum absolute atomic E-state index is 4.59. The minimum atomic E-state index is 0.875. The van der Waals surface area contributed by atoms with E-state index in [4.69, 9.17) is 0 Å². The van der Waals surface area contributed by atoms with Gasteiger partial charge in [0.05, 0.1) is 5.69 Å². The highest BCUT2D eigenvalue weighted by Gasteiger charge is 2.07. The molecule has 0 N–H and O–H groups in total. The average Bonchev–Trinajstić information content (AvgIpc) is 2.80. The van der Waals surface area contributed by atoms with Gasteiger partial charge in [0.15, 0.2) is 5.65 Å². The summed E-state index contributed by atoms with van der Waals surface area (Å²) in [5.41, 5.74) is 6.92. The Kier molecular flexibility index (Phi) is 2.40. The molecule has 0 radical (unpaired) electrons. The number of aryl methyl sites for hydroxylation is 3. The minimum Gasteiger partial charge on any atom is -0.236 e. The molecule has 3 aromatic rings. The van der Waals surface area contributed by atoms with Crippen LogP contribution in [0.1, 0.15) is 16.7 Å². The molecule has 0 aliphatic heterocycles. The number of fused-ring (bicyclic) bond motifs is 1. The zero-order valence-corrected chi connectivity index (χ0v) is 10.8. The summed E-state index contributed by atoms with van der Waals surface area (Å²) in [6.45, 7) is 6.40. The summed E-state index contributed by atoms with van der Waals surface area (Å²) in [5.74, 6) is 0. The van der Waals surface area contributed by atoms with Gasteiger partial charge in [-0.25, -0.2) is 9.50 Å². The summed E-state index contributed by atoms with van der Waals surface area (Å²) in [4.78, 5) is 4.21. The first kappa shape index (κ1) is 11.0. The molecule has 2 aromatic heterocycles. The Morgan fingerprint density at radius 2 is 1.72 bits per heavy atom. The molecule has 0 saturated carbocycles. The lowest BCUT2D eigenvalue weighted by Gasteiger charge is -2.09. The fourth-order valence-corrected chi connectivity index (χ4v) is 2.20. The van der Waals surface area contributed by atoms with Gasteiger partial charge < -0.3 is 0 Å². The van der Waals surface area contributed by atoms with Crippen LogP contribution in [0.3, 0.4) is 0 Å². The smallest absolute Gasteiger partial charge is 0.153 e. The van der Waals surface area contributed by atoms with E-state index in [1.807, 2.05) is 22.8 Å². The molecule has 2 heterocycles. The van der Waals surface area contributed by atoms with E-state index in [1.54, 1.807) is 6.20 Å². The number of imidazole rings is 1. The van der Waals surface area contributed by atoms with Gasteiger partial charge in [0.25, 0.3) is 0 Å². The van der Waals surface area contributed by atoms with E-state index in [2.05, 4.69) is 43.0 Å². The van der Waals surface area contributed by atoms with Crippen LogP contribution in [0.5, 0.6) is 0 Å². The number of aromatic nitrogens is 3. The van der Waals surface area contributed by atoms with Crippen molar-refractivity contribution in [1.29, 1.82) is 0 Å². The predicted octanol–water partition coefficient (Wildman–Crippen LogP) is 3.32.